The molecule has 0 aromatic carbocycles. The van der Waals surface area contributed by atoms with Gasteiger partial charge in [-0.25, -0.2) is 0 Å². The third-order valence-corrected chi connectivity index (χ3v) is 5.37. The third-order valence-electron chi connectivity index (χ3n) is 4.38. The molecule has 2 aliphatic rings. The summed E-state index contributed by atoms with van der Waals surface area (Å²) in [7, 11) is 2.24. The Kier molecular flexibility index (Phi) is 3.24. The SMILES string of the molecule is CC1CC(NC2CCCc3sccc32)CN1C. The highest BCUT2D eigenvalue weighted by atomic mass is 32.1. The van der Waals surface area contributed by atoms with Crippen molar-refractivity contribution in [3.05, 3.63) is 21.9 Å². The first-order chi connectivity index (χ1) is 8.24. The maximum atomic E-state index is 3.89. The van der Waals surface area contributed by atoms with Crippen LogP contribution in [-0.2, 0) is 6.42 Å². The van der Waals surface area contributed by atoms with Crippen LogP contribution in [0.1, 0.15) is 42.7 Å². The van der Waals surface area contributed by atoms with Gasteiger partial charge >= 0.3 is 0 Å². The molecule has 3 rings (SSSR count). The van der Waals surface area contributed by atoms with Crippen molar-refractivity contribution in [1.82, 2.24) is 10.2 Å². The van der Waals surface area contributed by atoms with Crippen LogP contribution in [0.15, 0.2) is 11.4 Å². The third kappa shape index (κ3) is 2.28. The van der Waals surface area contributed by atoms with E-state index < -0.39 is 0 Å². The molecule has 2 heterocycles. The lowest BCUT2D eigenvalue weighted by Crippen LogP contribution is -2.35. The van der Waals surface area contributed by atoms with Crippen LogP contribution in [0.4, 0.5) is 0 Å². The first-order valence-electron chi connectivity index (χ1n) is 6.76. The highest BCUT2D eigenvalue weighted by Crippen LogP contribution is 2.34. The van der Waals surface area contributed by atoms with E-state index in [1.165, 1.54) is 32.2 Å². The van der Waals surface area contributed by atoms with E-state index in [4.69, 9.17) is 0 Å². The van der Waals surface area contributed by atoms with E-state index in [-0.39, 0.29) is 0 Å². The van der Waals surface area contributed by atoms with Gasteiger partial charge in [0.25, 0.3) is 0 Å². The molecular weight excluding hydrogens is 228 g/mol. The lowest BCUT2D eigenvalue weighted by atomic mass is 9.93. The van der Waals surface area contributed by atoms with Crippen molar-refractivity contribution in [3.8, 4) is 0 Å². The molecule has 17 heavy (non-hydrogen) atoms. The van der Waals surface area contributed by atoms with Crippen LogP contribution in [0.3, 0.4) is 0 Å². The van der Waals surface area contributed by atoms with E-state index >= 15 is 0 Å². The monoisotopic (exact) mass is 250 g/mol. The molecule has 1 aromatic heterocycles. The largest absolute Gasteiger partial charge is 0.306 e. The van der Waals surface area contributed by atoms with Crippen molar-refractivity contribution in [2.75, 3.05) is 13.6 Å². The summed E-state index contributed by atoms with van der Waals surface area (Å²) in [4.78, 5) is 4.09. The number of thiophene rings is 1. The molecule has 2 nitrogen and oxygen atoms in total. The summed E-state index contributed by atoms with van der Waals surface area (Å²) in [5.41, 5.74) is 1.59. The molecule has 1 fully saturated rings. The normalized spacial score (nSPS) is 33.9. The Balaban J connectivity index is 1.68. The molecule has 1 saturated heterocycles. The van der Waals surface area contributed by atoms with Gasteiger partial charge in [0.1, 0.15) is 0 Å². The number of aryl methyl sites for hydroxylation is 1. The quantitative estimate of drug-likeness (QED) is 0.868. The van der Waals surface area contributed by atoms with Crippen molar-refractivity contribution in [1.29, 1.82) is 0 Å². The van der Waals surface area contributed by atoms with Gasteiger partial charge in [-0.1, -0.05) is 0 Å². The van der Waals surface area contributed by atoms with Crippen LogP contribution in [0.25, 0.3) is 0 Å². The molecular formula is C14H22N2S. The first kappa shape index (κ1) is 11.7. The Hall–Kier alpha value is -0.380. The molecule has 0 amide bonds. The second kappa shape index (κ2) is 4.71. The summed E-state index contributed by atoms with van der Waals surface area (Å²) in [5.74, 6) is 0. The molecule has 1 aliphatic carbocycles. The van der Waals surface area contributed by atoms with Crippen LogP contribution in [0, 0.1) is 0 Å². The van der Waals surface area contributed by atoms with Crippen LogP contribution in [-0.4, -0.2) is 30.6 Å². The minimum absolute atomic E-state index is 0.619. The number of hydrogen-bond acceptors (Lipinski definition) is 3. The Morgan fingerprint density at radius 2 is 2.35 bits per heavy atom. The van der Waals surface area contributed by atoms with Gasteiger partial charge < -0.3 is 10.2 Å². The number of hydrogen-bond donors (Lipinski definition) is 1. The highest BCUT2D eigenvalue weighted by molar-refractivity contribution is 7.10. The van der Waals surface area contributed by atoms with Gasteiger partial charge in [-0.05, 0) is 56.7 Å². The molecule has 3 atom stereocenters. The van der Waals surface area contributed by atoms with E-state index in [9.17, 15) is 0 Å². The first-order valence-corrected chi connectivity index (χ1v) is 7.64. The van der Waals surface area contributed by atoms with Gasteiger partial charge in [0.2, 0.25) is 0 Å². The van der Waals surface area contributed by atoms with Gasteiger partial charge in [-0.15, -0.1) is 11.3 Å². The average molecular weight is 250 g/mol. The van der Waals surface area contributed by atoms with E-state index in [1.807, 2.05) is 11.3 Å². The maximum Gasteiger partial charge on any atom is 0.0334 e. The van der Waals surface area contributed by atoms with Gasteiger partial charge in [-0.3, -0.25) is 0 Å². The molecule has 3 heteroatoms. The molecule has 3 unspecified atom stereocenters. The number of likely N-dealkylation sites (N-methyl/N-ethyl adjacent to an activating group) is 1. The van der Waals surface area contributed by atoms with Crippen molar-refractivity contribution in [2.45, 2.75) is 50.7 Å². The second-order valence-corrected chi connectivity index (χ2v) is 6.63. The van der Waals surface area contributed by atoms with Crippen LogP contribution in [0.2, 0.25) is 0 Å². The lowest BCUT2D eigenvalue weighted by Gasteiger charge is -2.27. The molecule has 1 aromatic rings. The smallest absolute Gasteiger partial charge is 0.0334 e. The van der Waals surface area contributed by atoms with Crippen molar-refractivity contribution < 1.29 is 0 Å². The zero-order chi connectivity index (χ0) is 11.8. The summed E-state index contributed by atoms with van der Waals surface area (Å²) in [6.07, 6.45) is 5.26. The molecule has 0 spiro atoms. The molecule has 94 valence electrons. The van der Waals surface area contributed by atoms with Crippen LogP contribution < -0.4 is 5.32 Å². The van der Waals surface area contributed by atoms with Gasteiger partial charge in [0.05, 0.1) is 0 Å². The maximum absolute atomic E-state index is 3.89. The zero-order valence-electron chi connectivity index (χ0n) is 10.8. The van der Waals surface area contributed by atoms with Gasteiger partial charge in [0, 0.05) is 29.5 Å². The molecule has 0 radical (unpaired) electrons. The summed E-state index contributed by atoms with van der Waals surface area (Å²) >= 11 is 1.94. The van der Waals surface area contributed by atoms with E-state index in [0.717, 1.165) is 6.04 Å². The summed E-state index contributed by atoms with van der Waals surface area (Å²) in [6, 6.07) is 4.37. The van der Waals surface area contributed by atoms with Crippen molar-refractivity contribution >= 4 is 11.3 Å². The van der Waals surface area contributed by atoms with Crippen LogP contribution >= 0.6 is 11.3 Å². The Morgan fingerprint density at radius 1 is 1.47 bits per heavy atom. The number of nitrogens with zero attached hydrogens (tertiary/aromatic N) is 1. The fraction of sp³-hybridized carbons (Fsp3) is 0.714. The second-order valence-electron chi connectivity index (χ2n) is 5.63. The predicted molar refractivity (Wildman–Crippen MR) is 73.6 cm³/mol. The molecule has 0 bridgehead atoms. The van der Waals surface area contributed by atoms with E-state index in [0.29, 0.717) is 12.1 Å². The summed E-state index contributed by atoms with van der Waals surface area (Å²) in [5, 5.41) is 6.14. The standard InChI is InChI=1S/C14H22N2S/c1-10-8-11(9-16(10)2)15-13-4-3-5-14-12(13)6-7-17-14/h6-7,10-11,13,15H,3-5,8-9H2,1-2H3. The highest BCUT2D eigenvalue weighted by Gasteiger charge is 2.29. The minimum Gasteiger partial charge on any atom is -0.306 e. The molecule has 0 saturated carbocycles. The van der Waals surface area contributed by atoms with Gasteiger partial charge in [0.15, 0.2) is 0 Å². The fourth-order valence-corrected chi connectivity index (χ4v) is 4.25. The molecule has 1 aliphatic heterocycles. The minimum atomic E-state index is 0.619. The number of rotatable bonds is 2. The Labute approximate surface area is 108 Å². The number of likely N-dealkylation sites (tertiary alicyclic amines) is 1. The summed E-state index contributed by atoms with van der Waals surface area (Å²) in [6.45, 7) is 3.54. The van der Waals surface area contributed by atoms with E-state index in [1.54, 1.807) is 10.4 Å². The summed E-state index contributed by atoms with van der Waals surface area (Å²) < 4.78 is 0. The number of fused-ring (bicyclic) bond motifs is 1. The van der Waals surface area contributed by atoms with Crippen molar-refractivity contribution in [3.63, 3.8) is 0 Å². The lowest BCUT2D eigenvalue weighted by molar-refractivity contribution is 0.322. The Bertz CT molecular complexity index is 377. The average Bonchev–Trinajstić information content (AvgIpc) is 2.87. The molecule has 1 N–H and O–H groups in total. The van der Waals surface area contributed by atoms with E-state index in [2.05, 4.69) is 35.6 Å². The topological polar surface area (TPSA) is 15.3 Å². The predicted octanol–water partition coefficient (Wildman–Crippen LogP) is 2.81. The fourth-order valence-electron chi connectivity index (χ4n) is 3.26. The zero-order valence-corrected chi connectivity index (χ0v) is 11.6. The van der Waals surface area contributed by atoms with Gasteiger partial charge in [-0.2, -0.15) is 0 Å². The van der Waals surface area contributed by atoms with Crippen molar-refractivity contribution in [2.24, 2.45) is 0 Å². The number of nitrogens with one attached hydrogen (secondary N) is 1. The Morgan fingerprint density at radius 3 is 3.12 bits per heavy atom. The van der Waals surface area contributed by atoms with Crippen LogP contribution in [0.5, 0.6) is 0 Å².